The third kappa shape index (κ3) is 4.22. The molecule has 0 saturated carbocycles. The van der Waals surface area contributed by atoms with Gasteiger partial charge in [0.15, 0.2) is 0 Å². The quantitative estimate of drug-likeness (QED) is 0.733. The van der Waals surface area contributed by atoms with E-state index in [0.29, 0.717) is 24.5 Å². The normalized spacial score (nSPS) is 11.5. The molecule has 0 radical (unpaired) electrons. The first-order chi connectivity index (χ1) is 11.9. The van der Waals surface area contributed by atoms with E-state index in [0.717, 1.165) is 17.7 Å². The number of nitrogens with zero attached hydrogens (tertiary/aromatic N) is 3. The molecule has 3 rings (SSSR count). The summed E-state index contributed by atoms with van der Waals surface area (Å²) in [6.45, 7) is 0.447. The number of aromatic nitrogens is 4. The van der Waals surface area contributed by atoms with Crippen LogP contribution in [-0.4, -0.2) is 26.7 Å². The molecule has 0 bridgehead atoms. The Hall–Kier alpha value is -3.17. The largest absolute Gasteiger partial charge is 0.434 e. The van der Waals surface area contributed by atoms with Crippen LogP contribution < -0.4 is 11.1 Å². The molecule has 0 spiro atoms. The molecular weight excluding hydrogens is 339 g/mol. The topological polar surface area (TPSA) is 96.7 Å². The van der Waals surface area contributed by atoms with Crippen LogP contribution in [0, 0.1) is 0 Å². The number of H-pyrrole nitrogens is 1. The summed E-state index contributed by atoms with van der Waals surface area (Å²) >= 11 is 0. The summed E-state index contributed by atoms with van der Waals surface area (Å²) in [6.07, 6.45) is -0.948. The van der Waals surface area contributed by atoms with Gasteiger partial charge in [0.2, 0.25) is 5.95 Å². The minimum absolute atomic E-state index is 0.0845. The standard InChI is InChI=1S/C15H12F3N5O2/c16-15(17,18)11-3-1-9(2-4-11)5-6-19-13-20-7-10(8-21-13)12-22-23-14(24)25-12/h1-4,7-8H,5-6H2,(H,23,24)(H,19,20,21). The minimum Gasteiger partial charge on any atom is -0.388 e. The fourth-order valence-electron chi connectivity index (χ4n) is 2.06. The highest BCUT2D eigenvalue weighted by Crippen LogP contribution is 2.29. The van der Waals surface area contributed by atoms with Crippen LogP contribution >= 0.6 is 0 Å². The summed E-state index contributed by atoms with van der Waals surface area (Å²) < 4.78 is 42.2. The monoisotopic (exact) mass is 351 g/mol. The van der Waals surface area contributed by atoms with Crippen molar-refractivity contribution >= 4 is 5.95 Å². The van der Waals surface area contributed by atoms with Crippen molar-refractivity contribution in [1.29, 1.82) is 0 Å². The predicted molar refractivity (Wildman–Crippen MR) is 81.8 cm³/mol. The maximum absolute atomic E-state index is 12.5. The Kier molecular flexibility index (Phi) is 4.50. The van der Waals surface area contributed by atoms with Crippen molar-refractivity contribution in [3.63, 3.8) is 0 Å². The number of anilines is 1. The molecule has 2 heterocycles. The molecule has 7 nitrogen and oxygen atoms in total. The van der Waals surface area contributed by atoms with E-state index in [1.165, 1.54) is 24.5 Å². The maximum Gasteiger partial charge on any atom is 0.434 e. The Labute approximate surface area is 138 Å². The Balaban J connectivity index is 1.54. The summed E-state index contributed by atoms with van der Waals surface area (Å²) in [7, 11) is 0. The Bertz CT molecular complexity index is 885. The zero-order valence-corrected chi connectivity index (χ0v) is 12.7. The van der Waals surface area contributed by atoms with Crippen LogP contribution in [0.5, 0.6) is 0 Å². The van der Waals surface area contributed by atoms with E-state index in [4.69, 9.17) is 4.42 Å². The molecule has 3 aromatic rings. The zero-order valence-electron chi connectivity index (χ0n) is 12.7. The van der Waals surface area contributed by atoms with Gasteiger partial charge in [-0.2, -0.15) is 13.2 Å². The molecule has 2 aromatic heterocycles. The van der Waals surface area contributed by atoms with E-state index in [-0.39, 0.29) is 5.89 Å². The highest BCUT2D eigenvalue weighted by atomic mass is 19.4. The second-order valence-electron chi connectivity index (χ2n) is 5.09. The zero-order chi connectivity index (χ0) is 17.9. The number of rotatable bonds is 5. The molecule has 0 fully saturated rings. The fourth-order valence-corrected chi connectivity index (χ4v) is 2.06. The highest BCUT2D eigenvalue weighted by Gasteiger charge is 2.29. The van der Waals surface area contributed by atoms with E-state index in [1.807, 2.05) is 0 Å². The first-order valence-corrected chi connectivity index (χ1v) is 7.20. The van der Waals surface area contributed by atoms with E-state index in [9.17, 15) is 18.0 Å². The molecule has 0 amide bonds. The highest BCUT2D eigenvalue weighted by molar-refractivity contribution is 5.50. The molecule has 0 unspecified atom stereocenters. The summed E-state index contributed by atoms with van der Waals surface area (Å²) in [5.41, 5.74) is 0.523. The van der Waals surface area contributed by atoms with Crippen molar-refractivity contribution in [2.24, 2.45) is 0 Å². The number of alkyl halides is 3. The van der Waals surface area contributed by atoms with Crippen LogP contribution in [0.15, 0.2) is 45.9 Å². The van der Waals surface area contributed by atoms with Gasteiger partial charge in [-0.05, 0) is 24.1 Å². The smallest absolute Gasteiger partial charge is 0.388 e. The van der Waals surface area contributed by atoms with Gasteiger partial charge in [-0.15, -0.1) is 5.10 Å². The van der Waals surface area contributed by atoms with Gasteiger partial charge in [-0.25, -0.2) is 19.9 Å². The van der Waals surface area contributed by atoms with Crippen LogP contribution in [0.1, 0.15) is 11.1 Å². The average Bonchev–Trinajstić information content (AvgIpc) is 3.02. The molecule has 0 aliphatic rings. The lowest BCUT2D eigenvalue weighted by atomic mass is 10.1. The molecule has 0 saturated heterocycles. The van der Waals surface area contributed by atoms with Gasteiger partial charge in [0.05, 0.1) is 11.1 Å². The number of nitrogens with one attached hydrogen (secondary N) is 2. The number of benzene rings is 1. The molecule has 10 heteroatoms. The van der Waals surface area contributed by atoms with Crippen molar-refractivity contribution in [1.82, 2.24) is 20.2 Å². The summed E-state index contributed by atoms with van der Waals surface area (Å²) in [6, 6.07) is 4.98. The van der Waals surface area contributed by atoms with Crippen LogP contribution in [0.3, 0.4) is 0 Å². The van der Waals surface area contributed by atoms with Gasteiger partial charge >= 0.3 is 11.9 Å². The molecule has 0 atom stereocenters. The number of hydrogen-bond donors (Lipinski definition) is 2. The summed E-state index contributed by atoms with van der Waals surface area (Å²) in [5.74, 6) is -0.247. The lowest BCUT2D eigenvalue weighted by Crippen LogP contribution is -2.08. The van der Waals surface area contributed by atoms with Crippen molar-refractivity contribution in [2.75, 3.05) is 11.9 Å². The first kappa shape index (κ1) is 16.7. The lowest BCUT2D eigenvalue weighted by Gasteiger charge is -2.08. The number of aromatic amines is 1. The molecule has 2 N–H and O–H groups in total. The van der Waals surface area contributed by atoms with Gasteiger partial charge in [-0.3, -0.25) is 0 Å². The minimum atomic E-state index is -4.33. The second-order valence-corrected chi connectivity index (χ2v) is 5.09. The van der Waals surface area contributed by atoms with E-state index in [2.05, 4.69) is 25.5 Å². The second kappa shape index (κ2) is 6.75. The third-order valence-corrected chi connectivity index (χ3v) is 3.31. The van der Waals surface area contributed by atoms with Crippen LogP contribution in [0.2, 0.25) is 0 Å². The van der Waals surface area contributed by atoms with Gasteiger partial charge in [-0.1, -0.05) is 12.1 Å². The van der Waals surface area contributed by atoms with Gasteiger partial charge in [0, 0.05) is 18.9 Å². The molecule has 25 heavy (non-hydrogen) atoms. The fraction of sp³-hybridized carbons (Fsp3) is 0.200. The van der Waals surface area contributed by atoms with Gasteiger partial charge in [0.25, 0.3) is 5.89 Å². The SMILES string of the molecule is O=c1[nH]nc(-c2cnc(NCCc3ccc(C(F)(F)F)cc3)nc2)o1. The Morgan fingerprint density at radius 1 is 1.12 bits per heavy atom. The van der Waals surface area contributed by atoms with E-state index < -0.39 is 17.5 Å². The molecule has 130 valence electrons. The van der Waals surface area contributed by atoms with Crippen molar-refractivity contribution in [3.05, 3.63) is 58.3 Å². The van der Waals surface area contributed by atoms with Crippen LogP contribution in [-0.2, 0) is 12.6 Å². The molecular formula is C15H12F3N5O2. The Morgan fingerprint density at radius 3 is 2.36 bits per heavy atom. The molecule has 0 aliphatic heterocycles. The molecule has 0 aliphatic carbocycles. The van der Waals surface area contributed by atoms with E-state index in [1.54, 1.807) is 0 Å². The summed E-state index contributed by atoms with van der Waals surface area (Å²) in [5, 5.41) is 8.75. The number of halogens is 3. The number of hydrogen-bond acceptors (Lipinski definition) is 6. The van der Waals surface area contributed by atoms with Crippen molar-refractivity contribution < 1.29 is 17.6 Å². The first-order valence-electron chi connectivity index (χ1n) is 7.20. The predicted octanol–water partition coefficient (Wildman–Crippen LogP) is 2.49. The average molecular weight is 351 g/mol. The van der Waals surface area contributed by atoms with Crippen molar-refractivity contribution in [3.8, 4) is 11.5 Å². The third-order valence-electron chi connectivity index (χ3n) is 3.31. The van der Waals surface area contributed by atoms with Crippen LogP contribution in [0.25, 0.3) is 11.5 Å². The van der Waals surface area contributed by atoms with Crippen molar-refractivity contribution in [2.45, 2.75) is 12.6 Å². The lowest BCUT2D eigenvalue weighted by molar-refractivity contribution is -0.137. The maximum atomic E-state index is 12.5. The van der Waals surface area contributed by atoms with E-state index >= 15 is 0 Å². The Morgan fingerprint density at radius 2 is 1.80 bits per heavy atom. The van der Waals surface area contributed by atoms with Gasteiger partial charge < -0.3 is 9.73 Å². The van der Waals surface area contributed by atoms with Crippen LogP contribution in [0.4, 0.5) is 19.1 Å². The summed E-state index contributed by atoms with van der Waals surface area (Å²) in [4.78, 5) is 19.0. The molecule has 1 aromatic carbocycles. The van der Waals surface area contributed by atoms with Gasteiger partial charge in [0.1, 0.15) is 0 Å².